The van der Waals surface area contributed by atoms with Gasteiger partial charge in [-0.2, -0.15) is 0 Å². The standard InChI is InChI=1S/C11H13BrFNO/c1-6(14)11(4-5-11)9-8(15)3-2-7(12)10(9)13/h2-3,6,15H,4-5,14H2,1H3. The monoisotopic (exact) mass is 273 g/mol. The Labute approximate surface area is 96.4 Å². The molecule has 0 amide bonds. The molecule has 1 fully saturated rings. The van der Waals surface area contributed by atoms with E-state index in [1.807, 2.05) is 6.92 Å². The van der Waals surface area contributed by atoms with Crippen LogP contribution in [-0.2, 0) is 5.41 Å². The van der Waals surface area contributed by atoms with Crippen LogP contribution in [0.4, 0.5) is 4.39 Å². The smallest absolute Gasteiger partial charge is 0.144 e. The van der Waals surface area contributed by atoms with Crippen molar-refractivity contribution in [2.75, 3.05) is 0 Å². The van der Waals surface area contributed by atoms with E-state index < -0.39 is 0 Å². The second-order valence-corrected chi connectivity index (χ2v) is 5.05. The molecular formula is C11H13BrFNO. The van der Waals surface area contributed by atoms with Gasteiger partial charge in [0.25, 0.3) is 0 Å². The first-order chi connectivity index (χ1) is 6.99. The van der Waals surface area contributed by atoms with Crippen LogP contribution in [0.3, 0.4) is 0 Å². The lowest BCUT2D eigenvalue weighted by Gasteiger charge is -2.22. The van der Waals surface area contributed by atoms with Crippen LogP contribution >= 0.6 is 15.9 Å². The van der Waals surface area contributed by atoms with Crippen LogP contribution in [0.15, 0.2) is 16.6 Å². The van der Waals surface area contributed by atoms with E-state index in [0.29, 0.717) is 10.0 Å². The molecule has 3 N–H and O–H groups in total. The number of rotatable bonds is 2. The summed E-state index contributed by atoms with van der Waals surface area (Å²) >= 11 is 3.12. The van der Waals surface area contributed by atoms with Crippen LogP contribution < -0.4 is 5.73 Å². The summed E-state index contributed by atoms with van der Waals surface area (Å²) in [6, 6.07) is 2.86. The second-order valence-electron chi connectivity index (χ2n) is 4.20. The highest BCUT2D eigenvalue weighted by Crippen LogP contribution is 2.54. The summed E-state index contributed by atoms with van der Waals surface area (Å²) in [5, 5.41) is 9.72. The Balaban J connectivity index is 2.57. The van der Waals surface area contributed by atoms with Crippen molar-refractivity contribution >= 4 is 15.9 Å². The van der Waals surface area contributed by atoms with Crippen LogP contribution in [-0.4, -0.2) is 11.1 Å². The molecule has 1 saturated carbocycles. The summed E-state index contributed by atoms with van der Waals surface area (Å²) in [4.78, 5) is 0. The van der Waals surface area contributed by atoms with E-state index in [4.69, 9.17) is 5.73 Å². The molecule has 1 aromatic rings. The lowest BCUT2D eigenvalue weighted by atomic mass is 9.88. The predicted octanol–water partition coefficient (Wildman–Crippen LogP) is 2.67. The van der Waals surface area contributed by atoms with Gasteiger partial charge >= 0.3 is 0 Å². The molecule has 1 aliphatic rings. The van der Waals surface area contributed by atoms with Gasteiger partial charge in [0.15, 0.2) is 0 Å². The van der Waals surface area contributed by atoms with Crippen molar-refractivity contribution in [3.63, 3.8) is 0 Å². The molecule has 0 radical (unpaired) electrons. The molecule has 82 valence electrons. The Morgan fingerprint density at radius 2 is 2.13 bits per heavy atom. The fraction of sp³-hybridized carbons (Fsp3) is 0.455. The molecule has 0 aliphatic heterocycles. The third-order valence-corrected chi connectivity index (χ3v) is 3.84. The van der Waals surface area contributed by atoms with Gasteiger partial charge in [-0.25, -0.2) is 4.39 Å². The summed E-state index contributed by atoms with van der Waals surface area (Å²) in [7, 11) is 0. The number of hydrogen-bond acceptors (Lipinski definition) is 2. The van der Waals surface area contributed by atoms with Gasteiger partial charge in [-0.05, 0) is 47.8 Å². The van der Waals surface area contributed by atoms with Gasteiger partial charge in [0.2, 0.25) is 0 Å². The third kappa shape index (κ3) is 1.56. The predicted molar refractivity (Wildman–Crippen MR) is 60.3 cm³/mol. The summed E-state index contributed by atoms with van der Waals surface area (Å²) in [5.74, 6) is -0.379. The SMILES string of the molecule is CC(N)C1(c2c(O)ccc(Br)c2F)CC1. The maximum atomic E-state index is 13.9. The van der Waals surface area contributed by atoms with Gasteiger partial charge in [-0.3, -0.25) is 0 Å². The quantitative estimate of drug-likeness (QED) is 0.871. The molecule has 2 rings (SSSR count). The minimum Gasteiger partial charge on any atom is -0.508 e. The van der Waals surface area contributed by atoms with Gasteiger partial charge in [-0.1, -0.05) is 0 Å². The molecular weight excluding hydrogens is 261 g/mol. The average molecular weight is 274 g/mol. The number of benzene rings is 1. The van der Waals surface area contributed by atoms with Gasteiger partial charge in [0, 0.05) is 17.0 Å². The molecule has 0 aromatic heterocycles. The summed E-state index contributed by atoms with van der Waals surface area (Å²) in [6.07, 6.45) is 1.68. The molecule has 0 bridgehead atoms. The first-order valence-electron chi connectivity index (χ1n) is 4.92. The molecule has 4 heteroatoms. The van der Waals surface area contributed by atoms with Crippen molar-refractivity contribution in [1.82, 2.24) is 0 Å². The zero-order valence-electron chi connectivity index (χ0n) is 8.43. The Hall–Kier alpha value is -0.610. The molecule has 1 atom stereocenters. The van der Waals surface area contributed by atoms with Crippen LogP contribution in [0, 0.1) is 5.82 Å². The maximum Gasteiger partial charge on any atom is 0.144 e. The van der Waals surface area contributed by atoms with Crippen molar-refractivity contribution in [2.24, 2.45) is 5.73 Å². The van der Waals surface area contributed by atoms with E-state index in [1.54, 1.807) is 0 Å². The fourth-order valence-corrected chi connectivity index (χ4v) is 2.41. The molecule has 2 nitrogen and oxygen atoms in total. The minimum atomic E-state index is -0.384. The second kappa shape index (κ2) is 3.46. The summed E-state index contributed by atoms with van der Waals surface area (Å²) < 4.78 is 14.3. The van der Waals surface area contributed by atoms with Crippen molar-refractivity contribution in [3.8, 4) is 5.75 Å². The topological polar surface area (TPSA) is 46.2 Å². The van der Waals surface area contributed by atoms with Crippen LogP contribution in [0.25, 0.3) is 0 Å². The van der Waals surface area contributed by atoms with Crippen LogP contribution in [0.1, 0.15) is 25.3 Å². The number of hydrogen-bond donors (Lipinski definition) is 2. The van der Waals surface area contributed by atoms with Gasteiger partial charge in [0.05, 0.1) is 4.47 Å². The van der Waals surface area contributed by atoms with E-state index in [1.165, 1.54) is 12.1 Å². The Bertz CT molecular complexity index is 402. The molecule has 1 aromatic carbocycles. The largest absolute Gasteiger partial charge is 0.508 e. The fourth-order valence-electron chi connectivity index (χ4n) is 2.08. The lowest BCUT2D eigenvalue weighted by molar-refractivity contribution is 0.428. The van der Waals surface area contributed by atoms with E-state index in [2.05, 4.69) is 15.9 Å². The van der Waals surface area contributed by atoms with Crippen molar-refractivity contribution in [2.45, 2.75) is 31.2 Å². The molecule has 1 aliphatic carbocycles. The van der Waals surface area contributed by atoms with Gasteiger partial charge in [-0.15, -0.1) is 0 Å². The number of nitrogens with two attached hydrogens (primary N) is 1. The normalized spacial score (nSPS) is 20.0. The zero-order valence-corrected chi connectivity index (χ0v) is 10.0. The third-order valence-electron chi connectivity index (χ3n) is 3.23. The number of phenols is 1. The minimum absolute atomic E-state index is 0.00509. The molecule has 0 saturated heterocycles. The molecule has 0 spiro atoms. The Morgan fingerprint density at radius 3 is 2.60 bits per heavy atom. The number of aromatic hydroxyl groups is 1. The van der Waals surface area contributed by atoms with Crippen molar-refractivity contribution < 1.29 is 9.50 Å². The van der Waals surface area contributed by atoms with E-state index in [-0.39, 0.29) is 23.0 Å². The summed E-state index contributed by atoms with van der Waals surface area (Å²) in [5.41, 5.74) is 5.86. The highest BCUT2D eigenvalue weighted by molar-refractivity contribution is 9.10. The van der Waals surface area contributed by atoms with E-state index >= 15 is 0 Å². The van der Waals surface area contributed by atoms with Crippen LogP contribution in [0.2, 0.25) is 0 Å². The average Bonchev–Trinajstić information content (AvgIpc) is 2.93. The maximum absolute atomic E-state index is 13.9. The van der Waals surface area contributed by atoms with E-state index in [9.17, 15) is 9.50 Å². The summed E-state index contributed by atoms with van der Waals surface area (Å²) in [6.45, 7) is 1.85. The van der Waals surface area contributed by atoms with Gasteiger partial charge < -0.3 is 10.8 Å². The molecule has 0 heterocycles. The Kier molecular flexibility index (Phi) is 2.51. The highest BCUT2D eigenvalue weighted by atomic mass is 79.9. The first-order valence-corrected chi connectivity index (χ1v) is 5.71. The van der Waals surface area contributed by atoms with E-state index in [0.717, 1.165) is 12.8 Å². The first kappa shape index (κ1) is 10.9. The number of phenolic OH excluding ortho intramolecular Hbond substituents is 1. The molecule has 1 unspecified atom stereocenters. The van der Waals surface area contributed by atoms with Crippen molar-refractivity contribution in [3.05, 3.63) is 28.0 Å². The molecule has 15 heavy (non-hydrogen) atoms. The number of halogens is 2. The lowest BCUT2D eigenvalue weighted by Crippen LogP contribution is -2.32. The highest BCUT2D eigenvalue weighted by Gasteiger charge is 2.50. The Morgan fingerprint density at radius 1 is 1.53 bits per heavy atom. The van der Waals surface area contributed by atoms with Gasteiger partial charge in [0.1, 0.15) is 11.6 Å². The van der Waals surface area contributed by atoms with Crippen molar-refractivity contribution in [1.29, 1.82) is 0 Å². The van der Waals surface area contributed by atoms with Crippen LogP contribution in [0.5, 0.6) is 5.75 Å². The zero-order chi connectivity index (χ0) is 11.2.